The third kappa shape index (κ3) is 4.31. The maximum absolute atomic E-state index is 5.63. The summed E-state index contributed by atoms with van der Waals surface area (Å²) in [5, 5.41) is 0. The molecule has 20 heavy (non-hydrogen) atoms. The number of nitrogens with zero attached hydrogens (tertiary/aromatic N) is 2. The van der Waals surface area contributed by atoms with Crippen molar-refractivity contribution in [3.05, 3.63) is 59.9 Å². The summed E-state index contributed by atoms with van der Waals surface area (Å²) >= 11 is 4.99. The fourth-order valence-electron chi connectivity index (χ4n) is 2.11. The molecule has 1 heterocycles. The van der Waals surface area contributed by atoms with Gasteiger partial charge in [-0.2, -0.15) is 0 Å². The summed E-state index contributed by atoms with van der Waals surface area (Å²) in [6.45, 7) is 3.67. The van der Waals surface area contributed by atoms with Crippen molar-refractivity contribution in [2.75, 3.05) is 11.4 Å². The molecule has 0 aliphatic heterocycles. The first kappa shape index (κ1) is 14.5. The van der Waals surface area contributed by atoms with Crippen LogP contribution in [0.5, 0.6) is 0 Å². The third-order valence-corrected chi connectivity index (χ3v) is 3.26. The largest absolute Gasteiger partial charge is 0.393 e. The van der Waals surface area contributed by atoms with Gasteiger partial charge in [0.25, 0.3) is 0 Å². The monoisotopic (exact) mass is 285 g/mol. The van der Waals surface area contributed by atoms with Crippen LogP contribution in [0.25, 0.3) is 0 Å². The van der Waals surface area contributed by atoms with Gasteiger partial charge in [0.15, 0.2) is 0 Å². The first-order valence-corrected chi connectivity index (χ1v) is 7.05. The Morgan fingerprint density at radius 1 is 1.25 bits per heavy atom. The number of hydrogen-bond acceptors (Lipinski definition) is 3. The number of anilines is 1. The number of pyridine rings is 1. The van der Waals surface area contributed by atoms with Crippen molar-refractivity contribution < 1.29 is 0 Å². The van der Waals surface area contributed by atoms with Crippen LogP contribution < -0.4 is 10.6 Å². The van der Waals surface area contributed by atoms with E-state index in [9.17, 15) is 0 Å². The Morgan fingerprint density at radius 3 is 2.65 bits per heavy atom. The van der Waals surface area contributed by atoms with Gasteiger partial charge in [0.05, 0.1) is 4.99 Å². The van der Waals surface area contributed by atoms with Crippen LogP contribution in [0.2, 0.25) is 0 Å². The van der Waals surface area contributed by atoms with Gasteiger partial charge in [-0.15, -0.1) is 0 Å². The van der Waals surface area contributed by atoms with Gasteiger partial charge in [0, 0.05) is 37.6 Å². The van der Waals surface area contributed by atoms with Gasteiger partial charge in [-0.1, -0.05) is 36.5 Å². The quantitative estimate of drug-likeness (QED) is 0.828. The molecule has 2 rings (SSSR count). The molecule has 104 valence electrons. The van der Waals surface area contributed by atoms with E-state index in [-0.39, 0.29) is 0 Å². The molecular formula is C16H19N3S. The minimum atomic E-state index is 0.549. The summed E-state index contributed by atoms with van der Waals surface area (Å²) < 4.78 is 0. The maximum atomic E-state index is 5.63. The average Bonchev–Trinajstić information content (AvgIpc) is 2.44. The lowest BCUT2D eigenvalue weighted by Crippen LogP contribution is -2.27. The zero-order valence-electron chi connectivity index (χ0n) is 11.6. The first-order valence-electron chi connectivity index (χ1n) is 6.64. The van der Waals surface area contributed by atoms with Gasteiger partial charge in [0.2, 0.25) is 0 Å². The predicted octanol–water partition coefficient (Wildman–Crippen LogP) is 3.07. The standard InChI is InChI=1S/C16H19N3S/c1-13-9-14(11-18-10-13)12-19(8-7-16(17)20)15-5-3-2-4-6-15/h2-6,9-11H,7-8,12H2,1H3,(H2,17,20). The number of aryl methyl sites for hydroxylation is 1. The van der Waals surface area contributed by atoms with E-state index in [1.54, 1.807) is 0 Å². The zero-order chi connectivity index (χ0) is 14.4. The topological polar surface area (TPSA) is 42.2 Å². The molecule has 2 N–H and O–H groups in total. The number of para-hydroxylation sites is 1. The smallest absolute Gasteiger partial charge is 0.0745 e. The van der Waals surface area contributed by atoms with Crippen molar-refractivity contribution >= 4 is 22.9 Å². The molecule has 1 aromatic heterocycles. The second kappa shape index (κ2) is 7.01. The lowest BCUT2D eigenvalue weighted by molar-refractivity contribution is 0.803. The van der Waals surface area contributed by atoms with Gasteiger partial charge in [0.1, 0.15) is 0 Å². The van der Waals surface area contributed by atoms with Crippen molar-refractivity contribution in [3.8, 4) is 0 Å². The average molecular weight is 285 g/mol. The van der Waals surface area contributed by atoms with Crippen LogP contribution in [0.15, 0.2) is 48.8 Å². The Hall–Kier alpha value is -1.94. The summed E-state index contributed by atoms with van der Waals surface area (Å²) in [7, 11) is 0. The van der Waals surface area contributed by atoms with E-state index < -0.39 is 0 Å². The van der Waals surface area contributed by atoms with Crippen molar-refractivity contribution in [1.29, 1.82) is 0 Å². The number of aromatic nitrogens is 1. The second-order valence-electron chi connectivity index (χ2n) is 4.84. The lowest BCUT2D eigenvalue weighted by Gasteiger charge is -2.25. The van der Waals surface area contributed by atoms with Crippen LogP contribution >= 0.6 is 12.2 Å². The van der Waals surface area contributed by atoms with Gasteiger partial charge < -0.3 is 10.6 Å². The van der Waals surface area contributed by atoms with Gasteiger partial charge >= 0.3 is 0 Å². The molecule has 0 aliphatic carbocycles. The molecule has 0 saturated carbocycles. The summed E-state index contributed by atoms with van der Waals surface area (Å²) in [4.78, 5) is 7.07. The Morgan fingerprint density at radius 2 is 2.00 bits per heavy atom. The van der Waals surface area contributed by atoms with E-state index in [2.05, 4.69) is 35.0 Å². The molecule has 0 fully saturated rings. The highest BCUT2D eigenvalue weighted by molar-refractivity contribution is 7.80. The molecule has 4 heteroatoms. The number of nitrogens with two attached hydrogens (primary N) is 1. The van der Waals surface area contributed by atoms with Gasteiger partial charge in [-0.05, 0) is 30.2 Å². The van der Waals surface area contributed by atoms with Crippen LogP contribution in [0, 0.1) is 6.92 Å². The Balaban J connectivity index is 2.16. The number of rotatable bonds is 6. The molecule has 0 atom stereocenters. The normalized spacial score (nSPS) is 10.2. The van der Waals surface area contributed by atoms with E-state index in [1.807, 2.05) is 30.6 Å². The Labute approximate surface area is 125 Å². The fourth-order valence-corrected chi connectivity index (χ4v) is 2.20. The molecule has 2 aromatic rings. The van der Waals surface area contributed by atoms with Gasteiger partial charge in [-0.3, -0.25) is 4.98 Å². The molecule has 0 saturated heterocycles. The maximum Gasteiger partial charge on any atom is 0.0745 e. The molecule has 0 radical (unpaired) electrons. The highest BCUT2D eigenvalue weighted by atomic mass is 32.1. The van der Waals surface area contributed by atoms with E-state index in [1.165, 1.54) is 16.8 Å². The summed E-state index contributed by atoms with van der Waals surface area (Å²) in [6.07, 6.45) is 4.48. The number of benzene rings is 1. The van der Waals surface area contributed by atoms with Crippen LogP contribution in [0.1, 0.15) is 17.5 Å². The minimum absolute atomic E-state index is 0.549. The molecule has 1 aromatic carbocycles. The van der Waals surface area contributed by atoms with Crippen LogP contribution in [0.4, 0.5) is 5.69 Å². The third-order valence-electron chi connectivity index (χ3n) is 3.05. The van der Waals surface area contributed by atoms with Crippen molar-refractivity contribution in [2.24, 2.45) is 5.73 Å². The highest BCUT2D eigenvalue weighted by Gasteiger charge is 2.08. The molecule has 0 unspecified atom stereocenters. The van der Waals surface area contributed by atoms with Gasteiger partial charge in [-0.25, -0.2) is 0 Å². The molecular weight excluding hydrogens is 266 g/mol. The van der Waals surface area contributed by atoms with E-state index in [0.29, 0.717) is 11.4 Å². The Kier molecular flexibility index (Phi) is 5.07. The fraction of sp³-hybridized carbons (Fsp3) is 0.250. The van der Waals surface area contributed by atoms with E-state index in [4.69, 9.17) is 18.0 Å². The zero-order valence-corrected chi connectivity index (χ0v) is 12.4. The molecule has 0 aliphatic rings. The lowest BCUT2D eigenvalue weighted by atomic mass is 10.2. The predicted molar refractivity (Wildman–Crippen MR) is 87.9 cm³/mol. The highest BCUT2D eigenvalue weighted by Crippen LogP contribution is 2.17. The molecule has 0 spiro atoms. The first-order chi connectivity index (χ1) is 9.65. The summed E-state index contributed by atoms with van der Waals surface area (Å²) in [5.41, 5.74) is 9.16. The minimum Gasteiger partial charge on any atom is -0.393 e. The second-order valence-corrected chi connectivity index (χ2v) is 5.37. The van der Waals surface area contributed by atoms with E-state index in [0.717, 1.165) is 13.1 Å². The van der Waals surface area contributed by atoms with Crippen LogP contribution in [-0.4, -0.2) is 16.5 Å². The Bertz CT molecular complexity index is 569. The number of hydrogen-bond donors (Lipinski definition) is 1. The number of thiocarbonyl (C=S) groups is 1. The summed E-state index contributed by atoms with van der Waals surface area (Å²) in [5.74, 6) is 0. The summed E-state index contributed by atoms with van der Waals surface area (Å²) in [6, 6.07) is 12.5. The SMILES string of the molecule is Cc1cncc(CN(CCC(N)=S)c2ccccc2)c1. The molecule has 0 amide bonds. The van der Waals surface area contributed by atoms with Crippen LogP contribution in [0.3, 0.4) is 0 Å². The van der Waals surface area contributed by atoms with Crippen molar-refractivity contribution in [3.63, 3.8) is 0 Å². The molecule has 3 nitrogen and oxygen atoms in total. The molecule has 0 bridgehead atoms. The van der Waals surface area contributed by atoms with Crippen molar-refractivity contribution in [1.82, 2.24) is 4.98 Å². The van der Waals surface area contributed by atoms with Crippen molar-refractivity contribution in [2.45, 2.75) is 19.9 Å². The van der Waals surface area contributed by atoms with E-state index >= 15 is 0 Å². The van der Waals surface area contributed by atoms with Crippen LogP contribution in [-0.2, 0) is 6.54 Å².